The predicted octanol–water partition coefficient (Wildman–Crippen LogP) is 8.81. The summed E-state index contributed by atoms with van der Waals surface area (Å²) < 4.78 is 57.0. The number of methoxy groups -OCH3 is 2. The van der Waals surface area contributed by atoms with Gasteiger partial charge in [-0.2, -0.15) is 4.98 Å². The number of hydrogen-bond acceptors (Lipinski definition) is 19. The van der Waals surface area contributed by atoms with Crippen molar-refractivity contribution >= 4 is 55.0 Å². The minimum atomic E-state index is -1.06. The highest BCUT2D eigenvalue weighted by atomic mass is 32.1. The number of ether oxygens (including phenoxy) is 7. The molecule has 2 saturated heterocycles. The molecule has 2 aliphatic carbocycles. The number of aryl methyl sites for hydroxylation is 2. The van der Waals surface area contributed by atoms with Crippen LogP contribution >= 0.6 is 22.7 Å². The van der Waals surface area contributed by atoms with E-state index >= 15 is 0 Å². The lowest BCUT2D eigenvalue weighted by Gasteiger charge is -2.29. The summed E-state index contributed by atoms with van der Waals surface area (Å²) in [6, 6.07) is 15.2. The molecule has 8 heterocycles. The van der Waals surface area contributed by atoms with Gasteiger partial charge in [0.1, 0.15) is 52.5 Å². The monoisotopic (exact) mass is 1160 g/mol. The lowest BCUT2D eigenvalue weighted by molar-refractivity contribution is -0.139. The Morgan fingerprint density at radius 1 is 0.683 bits per heavy atom. The summed E-state index contributed by atoms with van der Waals surface area (Å²) in [6.45, 7) is 6.14. The van der Waals surface area contributed by atoms with Crippen LogP contribution in [-0.2, 0) is 46.2 Å². The number of oxazole rings is 2. The zero-order chi connectivity index (χ0) is 57.3. The Balaban J connectivity index is 0.000000172. The van der Waals surface area contributed by atoms with Gasteiger partial charge in [0, 0.05) is 37.6 Å². The van der Waals surface area contributed by atoms with Gasteiger partial charge in [-0.05, 0) is 88.5 Å². The maximum absolute atomic E-state index is 14.3. The predicted molar refractivity (Wildman–Crippen MR) is 300 cm³/mol. The maximum Gasteiger partial charge on any atom is 0.332 e. The average molecular weight is 1160 g/mol. The fraction of sp³-hybridized carbons (Fsp3) is 0.448. The normalized spacial score (nSPS) is 17.5. The van der Waals surface area contributed by atoms with Crippen LogP contribution in [0.2, 0.25) is 0 Å². The van der Waals surface area contributed by atoms with Crippen molar-refractivity contribution in [1.82, 2.24) is 28.7 Å². The number of aromatic nitrogens is 6. The van der Waals surface area contributed by atoms with Gasteiger partial charge in [0.05, 0.1) is 89.8 Å². The molecular formula is C58H62N6O16S2. The second kappa shape index (κ2) is 23.8. The lowest BCUT2D eigenvalue weighted by Crippen LogP contribution is -2.47. The Bertz CT molecular complexity index is 3790. The first-order valence-corrected chi connectivity index (χ1v) is 28.8. The van der Waals surface area contributed by atoms with Crippen molar-refractivity contribution < 1.29 is 61.8 Å². The summed E-state index contributed by atoms with van der Waals surface area (Å²) in [7, 11) is 3.19. The average Bonchev–Trinajstić information content (AvgIpc) is 2.28. The number of fused-ring (bicyclic) bond motifs is 2. The number of para-hydroxylation sites is 2. The molecule has 0 amide bonds. The molecule has 0 bridgehead atoms. The van der Waals surface area contributed by atoms with Gasteiger partial charge in [-0.15, -0.1) is 22.7 Å². The van der Waals surface area contributed by atoms with E-state index in [-0.39, 0.29) is 49.8 Å². The minimum Gasteiger partial charge on any atom is -0.496 e. The zero-order valence-electron chi connectivity index (χ0n) is 45.7. The molecule has 0 radical (unpaired) electrons. The van der Waals surface area contributed by atoms with Crippen molar-refractivity contribution in [1.29, 1.82) is 0 Å². The van der Waals surface area contributed by atoms with Gasteiger partial charge in [-0.3, -0.25) is 32.9 Å². The number of carbonyl (C=O) groups is 2. The molecule has 82 heavy (non-hydrogen) atoms. The van der Waals surface area contributed by atoms with Gasteiger partial charge < -0.3 is 52.2 Å². The summed E-state index contributed by atoms with van der Waals surface area (Å²) in [5, 5.41) is 20.1. The Morgan fingerprint density at radius 3 is 1.68 bits per heavy atom. The standard InChI is InChI=1S/2C29H31N3O8S/c1-17-23-26(41-24(17)25-30-11-14-38-25)31-28(32(27(23)35)29(9-10-29)15-22(33)34)39-16-21(40-18-7-12-37-13-8-18)19-5-3-4-6-20(19)36-2;1-17-23-26(35)32(29(9-10-29)15-22(33)34)28(36)31(27(23)41-24(17)25-30-11-14-39-25)16-21(40-18-7-12-38-13-8-18)19-5-3-4-6-20(19)37-2/h2*3-6,11,14,18,21H,7-10,12-13,15-16H2,1-2H3,(H,33,34). The molecule has 2 saturated carbocycles. The molecule has 2 atom stereocenters. The van der Waals surface area contributed by atoms with E-state index in [1.807, 2.05) is 55.5 Å². The second-order valence-corrected chi connectivity index (χ2v) is 23.0. The summed E-state index contributed by atoms with van der Waals surface area (Å²) in [5.74, 6) is -0.0281. The van der Waals surface area contributed by atoms with Crippen molar-refractivity contribution in [2.75, 3.05) is 47.3 Å². The van der Waals surface area contributed by atoms with Crippen molar-refractivity contribution in [2.24, 2.45) is 0 Å². The van der Waals surface area contributed by atoms with Gasteiger partial charge in [0.15, 0.2) is 0 Å². The fourth-order valence-corrected chi connectivity index (χ4v) is 13.5. The third-order valence-corrected chi connectivity index (χ3v) is 18.2. The number of hydrogen-bond donors (Lipinski definition) is 2. The van der Waals surface area contributed by atoms with Gasteiger partial charge in [-0.25, -0.2) is 14.8 Å². The first-order chi connectivity index (χ1) is 39.7. The molecule has 8 aromatic rings. The molecule has 2 N–H and O–H groups in total. The molecule has 0 spiro atoms. The molecule has 12 rings (SSSR count). The van der Waals surface area contributed by atoms with Crippen LogP contribution in [0, 0.1) is 13.8 Å². The Hall–Kier alpha value is -7.48. The zero-order valence-corrected chi connectivity index (χ0v) is 47.3. The van der Waals surface area contributed by atoms with E-state index < -0.39 is 46.5 Å². The fourth-order valence-electron chi connectivity index (χ4n) is 11.2. The quantitative estimate of drug-likeness (QED) is 0.0680. The molecule has 4 aliphatic rings. The van der Waals surface area contributed by atoms with Crippen LogP contribution in [0.1, 0.15) is 98.7 Å². The number of benzene rings is 2. The lowest BCUT2D eigenvalue weighted by atomic mass is 10.1. The maximum atomic E-state index is 14.3. The number of thiophene rings is 2. The number of nitrogens with zero attached hydrogens (tertiary/aromatic N) is 6. The highest BCUT2D eigenvalue weighted by Crippen LogP contribution is 2.49. The van der Waals surface area contributed by atoms with E-state index in [1.54, 1.807) is 31.9 Å². The van der Waals surface area contributed by atoms with Gasteiger partial charge >= 0.3 is 23.6 Å². The first kappa shape index (κ1) is 56.4. The number of carboxylic acids is 2. The van der Waals surface area contributed by atoms with Crippen LogP contribution in [0.4, 0.5) is 0 Å². The summed E-state index contributed by atoms with van der Waals surface area (Å²) in [5.41, 5.74) is -0.463. The van der Waals surface area contributed by atoms with Crippen LogP contribution in [0.3, 0.4) is 0 Å². The number of carboxylic acid groups (broad SMARTS) is 2. The van der Waals surface area contributed by atoms with Crippen molar-refractivity contribution in [3.63, 3.8) is 0 Å². The van der Waals surface area contributed by atoms with Crippen LogP contribution in [0.5, 0.6) is 17.5 Å². The van der Waals surface area contributed by atoms with E-state index in [0.29, 0.717) is 130 Å². The summed E-state index contributed by atoms with van der Waals surface area (Å²) in [4.78, 5) is 81.6. The van der Waals surface area contributed by atoms with E-state index in [4.69, 9.17) is 47.0 Å². The van der Waals surface area contributed by atoms with Crippen LogP contribution in [0.25, 0.3) is 42.0 Å². The van der Waals surface area contributed by atoms with Crippen LogP contribution in [0.15, 0.2) is 96.7 Å². The third-order valence-electron chi connectivity index (χ3n) is 15.7. The van der Waals surface area contributed by atoms with Crippen molar-refractivity contribution in [3.8, 4) is 39.0 Å². The molecule has 6 aromatic heterocycles. The summed E-state index contributed by atoms with van der Waals surface area (Å²) >= 11 is 2.54. The molecule has 432 valence electrons. The molecule has 2 aliphatic heterocycles. The van der Waals surface area contributed by atoms with E-state index in [1.165, 1.54) is 46.0 Å². The summed E-state index contributed by atoms with van der Waals surface area (Å²) in [6.07, 6.45) is 9.09. The van der Waals surface area contributed by atoms with E-state index in [9.17, 15) is 34.2 Å². The first-order valence-electron chi connectivity index (χ1n) is 27.2. The number of rotatable bonds is 21. The largest absolute Gasteiger partial charge is 0.496 e. The van der Waals surface area contributed by atoms with Crippen LogP contribution < -0.4 is 31.0 Å². The molecule has 2 aromatic carbocycles. The van der Waals surface area contributed by atoms with Gasteiger partial charge in [-0.1, -0.05) is 36.4 Å². The molecule has 4 fully saturated rings. The topological polar surface area (TPSA) is 270 Å². The van der Waals surface area contributed by atoms with Gasteiger partial charge in [0.25, 0.3) is 11.1 Å². The van der Waals surface area contributed by atoms with Crippen LogP contribution in [-0.4, -0.2) is 110 Å². The Morgan fingerprint density at radius 2 is 1.17 bits per heavy atom. The third kappa shape index (κ3) is 11.3. The molecule has 24 heteroatoms. The van der Waals surface area contributed by atoms with E-state index in [0.717, 1.165) is 28.5 Å². The Kier molecular flexibility index (Phi) is 16.3. The highest BCUT2D eigenvalue weighted by molar-refractivity contribution is 7.22. The second-order valence-electron chi connectivity index (χ2n) is 21.0. The molecular weight excluding hydrogens is 1100 g/mol. The van der Waals surface area contributed by atoms with Crippen molar-refractivity contribution in [2.45, 2.75) is 120 Å². The number of aliphatic carboxylic acids is 2. The minimum absolute atomic E-state index is 0.0371. The molecule has 22 nitrogen and oxygen atoms in total. The van der Waals surface area contributed by atoms with E-state index in [2.05, 4.69) is 9.97 Å². The Labute approximate surface area is 476 Å². The SMILES string of the molecule is COc1ccccc1C(COc1nc2sc(-c3ncco3)c(C)c2c(=O)n1C1(CC(=O)O)CC1)OC1CCOCC1.COc1ccccc1C(Cn1c(=O)n(C2(CC(=O)O)CC2)c(=O)c2c(C)c(-c3ncco3)sc21)OC1CCOCC1. The van der Waals surface area contributed by atoms with Gasteiger partial charge in [0.2, 0.25) is 11.8 Å². The highest BCUT2D eigenvalue weighted by Gasteiger charge is 2.51. The molecule has 2 unspecified atom stereocenters. The van der Waals surface area contributed by atoms with Crippen molar-refractivity contribution in [3.05, 3.63) is 127 Å². The smallest absolute Gasteiger partial charge is 0.332 e.